The van der Waals surface area contributed by atoms with Crippen molar-refractivity contribution in [1.82, 2.24) is 4.98 Å². The monoisotopic (exact) mass is 371 g/mol. The number of aromatic nitrogens is 1. The predicted octanol–water partition coefficient (Wildman–Crippen LogP) is 4.08. The second-order valence-corrected chi connectivity index (χ2v) is 5.57. The van der Waals surface area contributed by atoms with Gasteiger partial charge in [0, 0.05) is 10.2 Å². The fraction of sp³-hybridized carbons (Fsp3) is 0.0769. The van der Waals surface area contributed by atoms with Gasteiger partial charge in [0.05, 0.1) is 16.4 Å². The van der Waals surface area contributed by atoms with E-state index in [1.54, 1.807) is 25.1 Å². The Kier molecular flexibility index (Phi) is 4.54. The number of carboxylic acids is 1. The third-order valence-corrected chi connectivity index (χ3v) is 3.40. The first kappa shape index (κ1) is 15.4. The molecule has 1 aromatic carbocycles. The molecule has 0 saturated carbocycles. The molecule has 21 heavy (non-hydrogen) atoms. The van der Waals surface area contributed by atoms with Gasteiger partial charge < -0.3 is 20.7 Å². The molecule has 0 aliphatic rings. The normalized spacial score (nSPS) is 10.2. The van der Waals surface area contributed by atoms with Gasteiger partial charge in [-0.3, -0.25) is 0 Å². The Bertz CT molecular complexity index is 715. The molecule has 1 aromatic heterocycles. The number of hydrogen-bond donors (Lipinski definition) is 4. The minimum absolute atomic E-state index is 0.0791. The van der Waals surface area contributed by atoms with Gasteiger partial charge in [-0.15, -0.1) is 0 Å². The summed E-state index contributed by atoms with van der Waals surface area (Å²) in [6.07, 6.45) is 0. The number of urea groups is 1. The maximum atomic E-state index is 11.9. The number of rotatable bonds is 3. The maximum absolute atomic E-state index is 11.9. The second-order valence-electron chi connectivity index (χ2n) is 4.25. The Labute approximate surface area is 133 Å². The molecular formula is C13H11BrClN3O3. The lowest BCUT2D eigenvalue weighted by Crippen LogP contribution is -2.20. The van der Waals surface area contributed by atoms with E-state index in [0.717, 1.165) is 4.47 Å². The van der Waals surface area contributed by atoms with E-state index in [0.29, 0.717) is 16.4 Å². The third kappa shape index (κ3) is 3.77. The molecule has 0 radical (unpaired) electrons. The van der Waals surface area contributed by atoms with Crippen LogP contribution in [0, 0.1) is 6.92 Å². The maximum Gasteiger partial charge on any atom is 0.354 e. The molecule has 0 aliphatic heterocycles. The van der Waals surface area contributed by atoms with E-state index in [1.807, 2.05) is 0 Å². The molecule has 2 rings (SSSR count). The summed E-state index contributed by atoms with van der Waals surface area (Å²) in [6, 6.07) is 5.95. The van der Waals surface area contributed by atoms with Gasteiger partial charge in [0.25, 0.3) is 0 Å². The fourth-order valence-corrected chi connectivity index (χ4v) is 2.44. The molecule has 0 atom stereocenters. The number of carbonyl (C=O) groups is 2. The average molecular weight is 373 g/mol. The number of aromatic carboxylic acids is 1. The number of aryl methyl sites for hydroxylation is 1. The van der Waals surface area contributed by atoms with E-state index < -0.39 is 12.0 Å². The zero-order valence-corrected chi connectivity index (χ0v) is 13.2. The van der Waals surface area contributed by atoms with Crippen molar-refractivity contribution in [3.05, 3.63) is 45.1 Å². The van der Waals surface area contributed by atoms with Crippen molar-refractivity contribution in [3.63, 3.8) is 0 Å². The quantitative estimate of drug-likeness (QED) is 0.654. The van der Waals surface area contributed by atoms with Crippen LogP contribution in [0.25, 0.3) is 0 Å². The lowest BCUT2D eigenvalue weighted by atomic mass is 10.3. The van der Waals surface area contributed by atoms with Gasteiger partial charge in [-0.1, -0.05) is 27.5 Å². The zero-order chi connectivity index (χ0) is 15.6. The van der Waals surface area contributed by atoms with Crippen molar-refractivity contribution in [1.29, 1.82) is 0 Å². The highest BCUT2D eigenvalue weighted by Gasteiger charge is 2.15. The van der Waals surface area contributed by atoms with Crippen molar-refractivity contribution in [2.75, 3.05) is 10.6 Å². The third-order valence-electron chi connectivity index (χ3n) is 2.59. The number of nitrogens with one attached hydrogen (secondary N) is 3. The molecule has 1 heterocycles. The first-order valence-corrected chi connectivity index (χ1v) is 7.00. The molecule has 0 unspecified atom stereocenters. The van der Waals surface area contributed by atoms with E-state index in [-0.39, 0.29) is 11.4 Å². The molecule has 6 nitrogen and oxygen atoms in total. The van der Waals surface area contributed by atoms with Gasteiger partial charge in [-0.05, 0) is 31.2 Å². The summed E-state index contributed by atoms with van der Waals surface area (Å²) in [5.41, 5.74) is 1.15. The minimum Gasteiger partial charge on any atom is -0.477 e. The van der Waals surface area contributed by atoms with Gasteiger partial charge in [0.15, 0.2) is 0 Å². The number of carbonyl (C=O) groups excluding carboxylic acids is 1. The largest absolute Gasteiger partial charge is 0.477 e. The van der Waals surface area contributed by atoms with Crippen molar-refractivity contribution in [2.45, 2.75) is 6.92 Å². The number of anilines is 2. The summed E-state index contributed by atoms with van der Waals surface area (Å²) in [7, 11) is 0. The highest BCUT2D eigenvalue weighted by molar-refractivity contribution is 9.10. The smallest absolute Gasteiger partial charge is 0.354 e. The number of carboxylic acid groups (broad SMARTS) is 1. The lowest BCUT2D eigenvalue weighted by Gasteiger charge is -2.09. The van der Waals surface area contributed by atoms with Crippen molar-refractivity contribution in [3.8, 4) is 0 Å². The number of aromatic amines is 1. The molecule has 0 fully saturated rings. The number of hydrogen-bond acceptors (Lipinski definition) is 2. The minimum atomic E-state index is -1.15. The van der Waals surface area contributed by atoms with Crippen molar-refractivity contribution < 1.29 is 14.7 Å². The van der Waals surface area contributed by atoms with E-state index in [2.05, 4.69) is 31.5 Å². The van der Waals surface area contributed by atoms with Crippen LogP contribution >= 0.6 is 27.5 Å². The fourth-order valence-electron chi connectivity index (χ4n) is 1.72. The van der Waals surface area contributed by atoms with Crippen LogP contribution in [-0.4, -0.2) is 22.1 Å². The Morgan fingerprint density at radius 1 is 1.24 bits per heavy atom. The highest BCUT2D eigenvalue weighted by atomic mass is 79.9. The molecular weight excluding hydrogens is 362 g/mol. The van der Waals surface area contributed by atoms with E-state index in [4.69, 9.17) is 16.7 Å². The molecule has 0 spiro atoms. The Morgan fingerprint density at radius 2 is 1.90 bits per heavy atom. The molecule has 0 saturated heterocycles. The van der Waals surface area contributed by atoms with Crippen LogP contribution in [0.3, 0.4) is 0 Å². The Hall–Kier alpha value is -1.99. The van der Waals surface area contributed by atoms with Gasteiger partial charge in [0.1, 0.15) is 5.69 Å². The zero-order valence-electron chi connectivity index (χ0n) is 10.8. The molecule has 4 N–H and O–H groups in total. The van der Waals surface area contributed by atoms with Gasteiger partial charge >= 0.3 is 12.0 Å². The summed E-state index contributed by atoms with van der Waals surface area (Å²) in [4.78, 5) is 25.6. The number of amides is 2. The summed E-state index contributed by atoms with van der Waals surface area (Å²) in [5, 5.41) is 14.4. The molecule has 0 bridgehead atoms. The number of halogens is 2. The van der Waals surface area contributed by atoms with Gasteiger partial charge in [0.2, 0.25) is 0 Å². The first-order valence-electron chi connectivity index (χ1n) is 5.83. The van der Waals surface area contributed by atoms with Crippen LogP contribution < -0.4 is 10.6 Å². The van der Waals surface area contributed by atoms with Crippen LogP contribution in [-0.2, 0) is 0 Å². The average Bonchev–Trinajstić information content (AvgIpc) is 2.74. The van der Waals surface area contributed by atoms with Crippen LogP contribution in [0.15, 0.2) is 28.7 Å². The molecule has 2 aromatic rings. The topological polar surface area (TPSA) is 94.2 Å². The molecule has 110 valence electrons. The SMILES string of the molecule is Cc1cc(NC(=O)Nc2ccc(Br)cc2Cl)c(C(=O)O)[nH]1. The van der Waals surface area contributed by atoms with Gasteiger partial charge in [-0.2, -0.15) is 0 Å². The summed E-state index contributed by atoms with van der Waals surface area (Å²) in [5.74, 6) is -1.15. The van der Waals surface area contributed by atoms with Crippen molar-refractivity contribution >= 4 is 50.9 Å². The van der Waals surface area contributed by atoms with Crippen LogP contribution in [0.1, 0.15) is 16.2 Å². The summed E-state index contributed by atoms with van der Waals surface area (Å²) in [6.45, 7) is 1.70. The van der Waals surface area contributed by atoms with Gasteiger partial charge in [-0.25, -0.2) is 9.59 Å². The highest BCUT2D eigenvalue weighted by Crippen LogP contribution is 2.26. The van der Waals surface area contributed by atoms with E-state index in [1.165, 1.54) is 6.07 Å². The van der Waals surface area contributed by atoms with Crippen LogP contribution in [0.2, 0.25) is 5.02 Å². The second kappa shape index (κ2) is 6.19. The lowest BCUT2D eigenvalue weighted by molar-refractivity contribution is 0.0692. The predicted molar refractivity (Wildman–Crippen MR) is 84.3 cm³/mol. The Balaban J connectivity index is 2.13. The first-order chi connectivity index (χ1) is 9.86. The van der Waals surface area contributed by atoms with E-state index >= 15 is 0 Å². The molecule has 8 heteroatoms. The standard InChI is InChI=1S/C13H11BrClN3O3/c1-6-4-10(11(16-6)12(19)20)18-13(21)17-9-3-2-7(14)5-8(9)15/h2-5,16H,1H3,(H,19,20)(H2,17,18,21). The number of H-pyrrole nitrogens is 1. The molecule has 0 aliphatic carbocycles. The van der Waals surface area contributed by atoms with E-state index in [9.17, 15) is 9.59 Å². The van der Waals surface area contributed by atoms with Crippen LogP contribution in [0.5, 0.6) is 0 Å². The summed E-state index contributed by atoms with van der Waals surface area (Å²) < 4.78 is 0.785. The van der Waals surface area contributed by atoms with Crippen molar-refractivity contribution in [2.24, 2.45) is 0 Å². The number of benzene rings is 1. The molecule has 2 amide bonds. The summed E-state index contributed by atoms with van der Waals surface area (Å²) >= 11 is 9.25. The van der Waals surface area contributed by atoms with Crippen LogP contribution in [0.4, 0.5) is 16.2 Å². The Morgan fingerprint density at radius 3 is 2.52 bits per heavy atom.